The topological polar surface area (TPSA) is 56.5 Å². The Bertz CT molecular complexity index is 1040. The van der Waals surface area contributed by atoms with Gasteiger partial charge >= 0.3 is 0 Å². The summed E-state index contributed by atoms with van der Waals surface area (Å²) in [6, 6.07) is 13.8. The fourth-order valence-corrected chi connectivity index (χ4v) is 3.66. The maximum atomic E-state index is 6.32. The first-order chi connectivity index (χ1) is 12.7. The molecule has 3 N–H and O–H groups in total. The van der Waals surface area contributed by atoms with Crippen LogP contribution in [0.5, 0.6) is 0 Å². The molecule has 4 aromatic rings. The van der Waals surface area contributed by atoms with Crippen LogP contribution in [0.25, 0.3) is 22.2 Å². The average molecular weight is 385 g/mol. The first kappa shape index (κ1) is 17.2. The minimum atomic E-state index is 0.613. The Balaban J connectivity index is 1.41. The highest BCUT2D eigenvalue weighted by atomic mass is 35.5. The van der Waals surface area contributed by atoms with Gasteiger partial charge in [-0.15, -0.1) is 0 Å². The molecule has 0 unspecified atom stereocenters. The number of nitrogens with one attached hydrogen (secondary N) is 3. The molecule has 0 radical (unpaired) electrons. The number of hydrogen-bond acceptors (Lipinski definition) is 2. The van der Waals surface area contributed by atoms with Crippen LogP contribution in [0, 0.1) is 0 Å². The number of halogens is 2. The molecule has 0 aliphatic heterocycles. The van der Waals surface area contributed by atoms with Gasteiger partial charge in [-0.2, -0.15) is 5.10 Å². The zero-order valence-electron chi connectivity index (χ0n) is 14.0. The summed E-state index contributed by atoms with van der Waals surface area (Å²) < 4.78 is 0. The fourth-order valence-electron chi connectivity index (χ4n) is 3.16. The number of benzene rings is 2. The molecule has 132 valence electrons. The maximum Gasteiger partial charge on any atom is 0.0710 e. The van der Waals surface area contributed by atoms with Crippen molar-refractivity contribution >= 4 is 34.1 Å². The van der Waals surface area contributed by atoms with Gasteiger partial charge in [-0.1, -0.05) is 41.4 Å². The van der Waals surface area contributed by atoms with Crippen LogP contribution in [0.4, 0.5) is 0 Å². The van der Waals surface area contributed by atoms with Crippen molar-refractivity contribution in [3.05, 3.63) is 76.0 Å². The quantitative estimate of drug-likeness (QED) is 0.400. The van der Waals surface area contributed by atoms with Gasteiger partial charge in [0.25, 0.3) is 0 Å². The molecule has 0 aliphatic carbocycles. The van der Waals surface area contributed by atoms with E-state index in [1.807, 2.05) is 24.4 Å². The van der Waals surface area contributed by atoms with Crippen molar-refractivity contribution in [3.8, 4) is 11.3 Å². The molecule has 4 rings (SSSR count). The number of nitrogens with zero attached hydrogens (tertiary/aromatic N) is 1. The first-order valence-corrected chi connectivity index (χ1v) is 9.21. The van der Waals surface area contributed by atoms with Gasteiger partial charge < -0.3 is 10.3 Å². The van der Waals surface area contributed by atoms with Crippen molar-refractivity contribution in [2.24, 2.45) is 0 Å². The molecule has 2 aromatic carbocycles. The van der Waals surface area contributed by atoms with Crippen molar-refractivity contribution < 1.29 is 0 Å². The van der Waals surface area contributed by atoms with Crippen molar-refractivity contribution in [1.82, 2.24) is 20.5 Å². The summed E-state index contributed by atoms with van der Waals surface area (Å²) in [6.45, 7) is 1.59. The minimum Gasteiger partial charge on any atom is -0.361 e. The number of H-pyrrole nitrogens is 2. The van der Waals surface area contributed by atoms with Crippen LogP contribution in [0.15, 0.2) is 54.9 Å². The number of para-hydroxylation sites is 1. The molecule has 4 nitrogen and oxygen atoms in total. The summed E-state index contributed by atoms with van der Waals surface area (Å²) in [5, 5.41) is 13.2. The van der Waals surface area contributed by atoms with E-state index in [9.17, 15) is 0 Å². The van der Waals surface area contributed by atoms with E-state index in [1.165, 1.54) is 16.5 Å². The zero-order valence-corrected chi connectivity index (χ0v) is 15.5. The second kappa shape index (κ2) is 7.54. The SMILES string of the molecule is Clc1ccc(-c2[nH]ncc2CNCCc2c[nH]c3ccccc23)c(Cl)c1. The molecule has 2 heterocycles. The Hall–Kier alpha value is -2.27. The van der Waals surface area contributed by atoms with E-state index in [1.54, 1.807) is 6.07 Å². The molecule has 0 saturated heterocycles. The lowest BCUT2D eigenvalue weighted by atomic mass is 10.1. The highest BCUT2D eigenvalue weighted by molar-refractivity contribution is 6.36. The van der Waals surface area contributed by atoms with Crippen molar-refractivity contribution in [2.45, 2.75) is 13.0 Å². The smallest absolute Gasteiger partial charge is 0.0710 e. The molecule has 0 amide bonds. The van der Waals surface area contributed by atoms with E-state index in [4.69, 9.17) is 23.2 Å². The molecule has 6 heteroatoms. The third-order valence-electron chi connectivity index (χ3n) is 4.48. The molecule has 0 spiro atoms. The fraction of sp³-hybridized carbons (Fsp3) is 0.150. The van der Waals surface area contributed by atoms with Crippen molar-refractivity contribution in [3.63, 3.8) is 0 Å². The largest absolute Gasteiger partial charge is 0.361 e. The number of rotatable bonds is 6. The summed E-state index contributed by atoms with van der Waals surface area (Å²) in [5.41, 5.74) is 5.40. The number of fused-ring (bicyclic) bond motifs is 1. The van der Waals surface area contributed by atoms with Crippen LogP contribution in [-0.4, -0.2) is 21.7 Å². The molecule has 0 fully saturated rings. The maximum absolute atomic E-state index is 6.32. The number of aromatic amines is 2. The minimum absolute atomic E-state index is 0.613. The predicted molar refractivity (Wildman–Crippen MR) is 108 cm³/mol. The molecular weight excluding hydrogens is 367 g/mol. The van der Waals surface area contributed by atoms with Crippen LogP contribution in [0.2, 0.25) is 10.0 Å². The first-order valence-electron chi connectivity index (χ1n) is 8.46. The second-order valence-electron chi connectivity index (χ2n) is 6.18. The van der Waals surface area contributed by atoms with Gasteiger partial charge in [0.2, 0.25) is 0 Å². The van der Waals surface area contributed by atoms with Crippen molar-refractivity contribution in [1.29, 1.82) is 0 Å². The van der Waals surface area contributed by atoms with E-state index in [-0.39, 0.29) is 0 Å². The van der Waals surface area contributed by atoms with Crippen LogP contribution in [0.3, 0.4) is 0 Å². The lowest BCUT2D eigenvalue weighted by molar-refractivity contribution is 0.689. The van der Waals surface area contributed by atoms with E-state index < -0.39 is 0 Å². The molecule has 2 aromatic heterocycles. The lowest BCUT2D eigenvalue weighted by Gasteiger charge is -2.07. The van der Waals surface area contributed by atoms with E-state index in [2.05, 4.69) is 44.9 Å². The monoisotopic (exact) mass is 384 g/mol. The highest BCUT2D eigenvalue weighted by Crippen LogP contribution is 2.31. The van der Waals surface area contributed by atoms with Gasteiger partial charge in [0, 0.05) is 39.8 Å². The van der Waals surface area contributed by atoms with Crippen molar-refractivity contribution in [2.75, 3.05) is 6.54 Å². The number of aromatic nitrogens is 3. The van der Waals surface area contributed by atoms with Gasteiger partial charge in [0.1, 0.15) is 0 Å². The summed E-state index contributed by atoms with van der Waals surface area (Å²) in [5.74, 6) is 0. The second-order valence-corrected chi connectivity index (χ2v) is 7.02. The van der Waals surface area contributed by atoms with Gasteiger partial charge in [-0.05, 0) is 42.8 Å². The van der Waals surface area contributed by atoms with Crippen LogP contribution < -0.4 is 5.32 Å². The molecule has 0 atom stereocenters. The van der Waals surface area contributed by atoms with Gasteiger partial charge in [0.15, 0.2) is 0 Å². The van der Waals surface area contributed by atoms with Crippen LogP contribution in [-0.2, 0) is 13.0 Å². The summed E-state index contributed by atoms with van der Waals surface area (Å²) in [4.78, 5) is 3.32. The van der Waals surface area contributed by atoms with E-state index >= 15 is 0 Å². The molecule has 0 bridgehead atoms. The molecule has 0 saturated carbocycles. The Morgan fingerprint density at radius 1 is 1.04 bits per heavy atom. The zero-order chi connectivity index (χ0) is 17.9. The lowest BCUT2D eigenvalue weighted by Crippen LogP contribution is -2.16. The van der Waals surface area contributed by atoms with Gasteiger partial charge in [-0.3, -0.25) is 5.10 Å². The van der Waals surface area contributed by atoms with Gasteiger partial charge in [-0.25, -0.2) is 0 Å². The molecule has 0 aliphatic rings. The standard InChI is InChI=1S/C20H18Cl2N4/c21-15-5-6-17(18(22)9-15)20-14(12-25-26-20)10-23-8-7-13-11-24-19-4-2-1-3-16(13)19/h1-6,9,11-12,23-24H,7-8,10H2,(H,25,26). The van der Waals surface area contributed by atoms with E-state index in [0.29, 0.717) is 16.6 Å². The third-order valence-corrected chi connectivity index (χ3v) is 5.03. The normalized spacial score (nSPS) is 11.3. The van der Waals surface area contributed by atoms with Crippen LogP contribution >= 0.6 is 23.2 Å². The Morgan fingerprint density at radius 3 is 2.81 bits per heavy atom. The summed E-state index contributed by atoms with van der Waals surface area (Å²) >= 11 is 12.3. The Labute approximate surface area is 161 Å². The van der Waals surface area contributed by atoms with Gasteiger partial charge in [0.05, 0.1) is 16.9 Å². The van der Waals surface area contributed by atoms with E-state index in [0.717, 1.165) is 29.8 Å². The summed E-state index contributed by atoms with van der Waals surface area (Å²) in [7, 11) is 0. The molecule has 26 heavy (non-hydrogen) atoms. The third kappa shape index (κ3) is 3.49. The average Bonchev–Trinajstić information content (AvgIpc) is 3.26. The highest BCUT2D eigenvalue weighted by Gasteiger charge is 2.11. The Morgan fingerprint density at radius 2 is 1.92 bits per heavy atom. The predicted octanol–water partition coefficient (Wildman–Crippen LogP) is 5.20. The molecular formula is C20H18Cl2N4. The Kier molecular flexibility index (Phi) is 4.98. The summed E-state index contributed by atoms with van der Waals surface area (Å²) in [6.07, 6.45) is 4.88. The van der Waals surface area contributed by atoms with Crippen LogP contribution in [0.1, 0.15) is 11.1 Å². The number of hydrogen-bond donors (Lipinski definition) is 3.